The molecule has 1 fully saturated rings. The van der Waals surface area contributed by atoms with Gasteiger partial charge in [-0.3, -0.25) is 0 Å². The number of thioether (sulfide) groups is 1. The van der Waals surface area contributed by atoms with E-state index in [9.17, 15) is 4.79 Å². The van der Waals surface area contributed by atoms with Crippen LogP contribution in [-0.2, 0) is 16.1 Å². The minimum absolute atomic E-state index is 0.0384. The van der Waals surface area contributed by atoms with Crippen LogP contribution in [0.4, 0.5) is 4.79 Å². The molecule has 1 saturated heterocycles. The molecule has 4 nitrogen and oxygen atoms in total. The molecule has 1 heterocycles. The molecule has 1 N–H and O–H groups in total. The zero-order valence-corrected chi connectivity index (χ0v) is 13.5. The summed E-state index contributed by atoms with van der Waals surface area (Å²) in [6, 6.07) is 19.7. The van der Waals surface area contributed by atoms with Crippen molar-refractivity contribution in [3.8, 4) is 0 Å². The van der Waals surface area contributed by atoms with Crippen LogP contribution < -0.4 is 5.32 Å². The van der Waals surface area contributed by atoms with Crippen LogP contribution in [0.15, 0.2) is 65.6 Å². The van der Waals surface area contributed by atoms with Crippen molar-refractivity contribution in [2.45, 2.75) is 23.6 Å². The maximum Gasteiger partial charge on any atom is 0.407 e. The molecular formula is C18H19NO3S. The average Bonchev–Trinajstić information content (AvgIpc) is 3.43. The van der Waals surface area contributed by atoms with Gasteiger partial charge in [0.1, 0.15) is 12.7 Å². The number of ether oxygens (including phenoxy) is 2. The lowest BCUT2D eigenvalue weighted by Gasteiger charge is -2.16. The fourth-order valence-electron chi connectivity index (χ4n) is 2.15. The van der Waals surface area contributed by atoms with Gasteiger partial charge in [-0.15, -0.1) is 11.8 Å². The molecule has 1 aliphatic heterocycles. The Labute approximate surface area is 140 Å². The van der Waals surface area contributed by atoms with Gasteiger partial charge in [0.25, 0.3) is 0 Å². The Bertz CT molecular complexity index is 617. The third-order valence-corrected chi connectivity index (χ3v) is 4.63. The molecule has 0 bridgehead atoms. The standard InChI is InChI=1S/C18H19NO3S/c20-18(22-11-14-7-3-1-4-8-14)19-16(17-12-21-17)13-23-15-9-5-2-6-10-15/h1-10,16-17H,11-13H2,(H,19,20)/t16-,17?/m0/s1. The molecule has 5 heteroatoms. The van der Waals surface area contributed by atoms with Crippen LogP contribution in [0.5, 0.6) is 0 Å². The number of rotatable bonds is 7. The third kappa shape index (κ3) is 5.30. The van der Waals surface area contributed by atoms with Crippen LogP contribution in [0.3, 0.4) is 0 Å². The molecule has 3 rings (SSSR count). The van der Waals surface area contributed by atoms with Crippen molar-refractivity contribution < 1.29 is 14.3 Å². The van der Waals surface area contributed by atoms with E-state index in [-0.39, 0.29) is 18.8 Å². The number of hydrogen-bond donors (Lipinski definition) is 1. The third-order valence-electron chi connectivity index (χ3n) is 3.50. The van der Waals surface area contributed by atoms with Crippen molar-refractivity contribution in [1.29, 1.82) is 0 Å². The van der Waals surface area contributed by atoms with Crippen molar-refractivity contribution in [3.63, 3.8) is 0 Å². The predicted molar refractivity (Wildman–Crippen MR) is 90.5 cm³/mol. The number of amides is 1. The van der Waals surface area contributed by atoms with Gasteiger partial charge in [0.05, 0.1) is 12.6 Å². The van der Waals surface area contributed by atoms with Crippen molar-refractivity contribution >= 4 is 17.9 Å². The Morgan fingerprint density at radius 2 is 1.83 bits per heavy atom. The van der Waals surface area contributed by atoms with E-state index >= 15 is 0 Å². The monoisotopic (exact) mass is 329 g/mol. The lowest BCUT2D eigenvalue weighted by Crippen LogP contribution is -2.40. The van der Waals surface area contributed by atoms with Crippen LogP contribution >= 0.6 is 11.8 Å². The van der Waals surface area contributed by atoms with E-state index in [0.717, 1.165) is 11.3 Å². The van der Waals surface area contributed by atoms with Crippen molar-refractivity contribution in [2.24, 2.45) is 0 Å². The van der Waals surface area contributed by atoms with E-state index in [1.807, 2.05) is 48.5 Å². The van der Waals surface area contributed by atoms with Gasteiger partial charge < -0.3 is 14.8 Å². The molecule has 0 aliphatic carbocycles. The van der Waals surface area contributed by atoms with Crippen molar-refractivity contribution in [1.82, 2.24) is 5.32 Å². The fourth-order valence-corrected chi connectivity index (χ4v) is 3.17. The van der Waals surface area contributed by atoms with Gasteiger partial charge in [-0.1, -0.05) is 48.5 Å². The first kappa shape index (κ1) is 15.9. The van der Waals surface area contributed by atoms with E-state index in [4.69, 9.17) is 9.47 Å². The van der Waals surface area contributed by atoms with E-state index < -0.39 is 6.09 Å². The molecule has 0 aromatic heterocycles. The summed E-state index contributed by atoms with van der Waals surface area (Å²) in [5.41, 5.74) is 0.973. The molecule has 0 saturated carbocycles. The largest absolute Gasteiger partial charge is 0.445 e. The normalized spacial score (nSPS) is 17.3. The predicted octanol–water partition coefficient (Wildman–Crippen LogP) is 3.47. The van der Waals surface area contributed by atoms with Crippen LogP contribution in [-0.4, -0.2) is 30.6 Å². The summed E-state index contributed by atoms with van der Waals surface area (Å²) in [6.07, 6.45) is -0.307. The fraction of sp³-hybridized carbons (Fsp3) is 0.278. The van der Waals surface area contributed by atoms with Gasteiger partial charge in [0.2, 0.25) is 0 Å². The second kappa shape index (κ2) is 8.04. The number of epoxide rings is 1. The van der Waals surface area contributed by atoms with Gasteiger partial charge in [0, 0.05) is 10.6 Å². The number of nitrogens with one attached hydrogen (secondary N) is 1. The van der Waals surface area contributed by atoms with Gasteiger partial charge in [-0.2, -0.15) is 0 Å². The van der Waals surface area contributed by atoms with Gasteiger partial charge in [0.15, 0.2) is 0 Å². The maximum absolute atomic E-state index is 12.0. The SMILES string of the molecule is O=C(N[C@@H](CSc1ccccc1)C1CO1)OCc1ccccc1. The van der Waals surface area contributed by atoms with E-state index in [0.29, 0.717) is 6.61 Å². The zero-order valence-electron chi connectivity index (χ0n) is 12.7. The Kier molecular flexibility index (Phi) is 5.56. The molecule has 0 spiro atoms. The van der Waals surface area contributed by atoms with E-state index in [2.05, 4.69) is 17.4 Å². The molecule has 1 aliphatic rings. The van der Waals surface area contributed by atoms with Gasteiger partial charge >= 0.3 is 6.09 Å². The molecule has 2 aromatic rings. The summed E-state index contributed by atoms with van der Waals surface area (Å²) in [4.78, 5) is 13.2. The summed E-state index contributed by atoms with van der Waals surface area (Å²) < 4.78 is 10.6. The summed E-state index contributed by atoms with van der Waals surface area (Å²) in [5.74, 6) is 0.759. The summed E-state index contributed by atoms with van der Waals surface area (Å²) in [7, 11) is 0. The second-order valence-electron chi connectivity index (χ2n) is 5.31. The number of carbonyl (C=O) groups is 1. The maximum atomic E-state index is 12.0. The highest BCUT2D eigenvalue weighted by Gasteiger charge is 2.34. The number of alkyl carbamates (subject to hydrolysis) is 1. The van der Waals surface area contributed by atoms with Crippen LogP contribution in [0.25, 0.3) is 0 Å². The first-order valence-corrected chi connectivity index (χ1v) is 8.56. The molecule has 1 amide bonds. The number of benzene rings is 2. The van der Waals surface area contributed by atoms with Gasteiger partial charge in [-0.05, 0) is 17.7 Å². The number of hydrogen-bond acceptors (Lipinski definition) is 4. The molecule has 2 atom stereocenters. The minimum Gasteiger partial charge on any atom is -0.445 e. The Hall–Kier alpha value is -1.98. The lowest BCUT2D eigenvalue weighted by molar-refractivity contribution is 0.134. The number of carbonyl (C=O) groups excluding carboxylic acids is 1. The van der Waals surface area contributed by atoms with Crippen molar-refractivity contribution in [3.05, 3.63) is 66.2 Å². The van der Waals surface area contributed by atoms with Crippen molar-refractivity contribution in [2.75, 3.05) is 12.4 Å². The Balaban J connectivity index is 1.46. The van der Waals surface area contributed by atoms with Crippen LogP contribution in [0.1, 0.15) is 5.56 Å². The van der Waals surface area contributed by atoms with E-state index in [1.165, 1.54) is 4.90 Å². The molecule has 1 unspecified atom stereocenters. The first-order chi connectivity index (χ1) is 11.3. The highest BCUT2D eigenvalue weighted by molar-refractivity contribution is 7.99. The minimum atomic E-state index is -0.400. The average molecular weight is 329 g/mol. The van der Waals surface area contributed by atoms with E-state index in [1.54, 1.807) is 11.8 Å². The summed E-state index contributed by atoms with van der Waals surface area (Å²) >= 11 is 1.70. The summed E-state index contributed by atoms with van der Waals surface area (Å²) in [6.45, 7) is 0.968. The molecular weight excluding hydrogens is 310 g/mol. The quantitative estimate of drug-likeness (QED) is 0.624. The molecule has 120 valence electrons. The summed E-state index contributed by atoms with van der Waals surface area (Å²) in [5, 5.41) is 2.91. The van der Waals surface area contributed by atoms with Gasteiger partial charge in [-0.25, -0.2) is 4.79 Å². The topological polar surface area (TPSA) is 50.9 Å². The van der Waals surface area contributed by atoms with Crippen LogP contribution in [0.2, 0.25) is 0 Å². The first-order valence-electron chi connectivity index (χ1n) is 7.58. The van der Waals surface area contributed by atoms with Crippen LogP contribution in [0, 0.1) is 0 Å². The second-order valence-corrected chi connectivity index (χ2v) is 6.40. The molecule has 2 aromatic carbocycles. The Morgan fingerprint density at radius 1 is 1.17 bits per heavy atom. The molecule has 23 heavy (non-hydrogen) atoms. The lowest BCUT2D eigenvalue weighted by atomic mass is 10.2. The molecule has 0 radical (unpaired) electrons. The highest BCUT2D eigenvalue weighted by atomic mass is 32.2. The smallest absolute Gasteiger partial charge is 0.407 e. The highest BCUT2D eigenvalue weighted by Crippen LogP contribution is 2.23. The zero-order chi connectivity index (χ0) is 15.9. The Morgan fingerprint density at radius 3 is 2.48 bits per heavy atom.